The van der Waals surface area contributed by atoms with E-state index >= 15 is 0 Å². The molecule has 2 fully saturated rings. The van der Waals surface area contributed by atoms with Crippen LogP contribution < -0.4 is 27.2 Å². The van der Waals surface area contributed by atoms with Crippen LogP contribution in [-0.2, 0) is 52.6 Å². The maximum absolute atomic E-state index is 12.9. The summed E-state index contributed by atoms with van der Waals surface area (Å²) in [5.74, 6) is -0.497. The minimum absolute atomic E-state index is 0.0542. The fourth-order valence-electron chi connectivity index (χ4n) is 5.67. The molecule has 27 nitrogen and oxygen atoms in total. The van der Waals surface area contributed by atoms with E-state index in [-0.39, 0.29) is 34.2 Å². The molecule has 31 heteroatoms. The van der Waals surface area contributed by atoms with E-state index in [2.05, 4.69) is 33.5 Å². The van der Waals surface area contributed by atoms with Gasteiger partial charge in [-0.2, -0.15) is 0 Å². The zero-order valence-electron chi connectivity index (χ0n) is 26.9. The summed E-state index contributed by atoms with van der Waals surface area (Å²) >= 11 is 1.73. The van der Waals surface area contributed by atoms with Crippen LogP contribution >= 0.6 is 21.9 Å². The fraction of sp³-hybridized carbons (Fsp3) is 0.545. The summed E-state index contributed by atoms with van der Waals surface area (Å²) in [7, 11) is -8.12. The third kappa shape index (κ3) is 8.05. The van der Waals surface area contributed by atoms with Crippen molar-refractivity contribution >= 4 is 71.7 Å². The summed E-state index contributed by atoms with van der Waals surface area (Å²) in [6.07, 6.45) is -14.3. The number of ether oxygens (including phenoxy) is 3. The minimum atomic E-state index is -5.46. The Morgan fingerprint density at radius 1 is 0.943 bits per heavy atom. The van der Waals surface area contributed by atoms with E-state index in [1.54, 1.807) is 15.6 Å². The van der Waals surface area contributed by atoms with Crippen molar-refractivity contribution in [2.75, 3.05) is 31.8 Å². The molecule has 1 radical (unpaired) electrons. The standard InChI is InChI=1S/C22H30N10O17P3Se/c1-30-6-32(16-10(30)18(37)29-22(24)27-16)20-14(43-2)12(34)8(47-20)4-45-51(40,41)49-52(42,53)48-50(38,39)44-3-7-11(33)13(35)19(46-7)31-5-25-9-15(31)26-21(23)28-17(9)36/h5-8,11-14,19-20,33-35H,3-4H2,1-2H3,(H7-,23,24,26,27,28,29,36,37,38,39,40,41)/p+1/t7-,8-,11-,12-,13-,14-,19?,20-,52+/m1/s1. The molecular weight excluding hydrogens is 848 g/mol. The molecule has 0 aromatic carbocycles. The second-order valence-electron chi connectivity index (χ2n) is 11.5. The van der Waals surface area contributed by atoms with Crippen LogP contribution in [0.1, 0.15) is 12.5 Å². The van der Waals surface area contributed by atoms with Crippen molar-refractivity contribution in [1.82, 2.24) is 34.1 Å². The molecule has 11 atom stereocenters. The Labute approximate surface area is 301 Å². The average molecular weight is 879 g/mol. The van der Waals surface area contributed by atoms with E-state index < -0.39 is 95.3 Å². The number of aromatic nitrogens is 8. The second-order valence-corrected chi connectivity index (χ2v) is 18.9. The number of aliphatic hydroxyl groups is 3. The molecule has 6 rings (SSSR count). The van der Waals surface area contributed by atoms with Crippen LogP contribution in [0, 0.1) is 0 Å². The molecule has 2 aliphatic rings. The fourth-order valence-corrected chi connectivity index (χ4v) is 12.3. The first-order valence-electron chi connectivity index (χ1n) is 14.8. The van der Waals surface area contributed by atoms with Gasteiger partial charge in [0.1, 0.15) is 0 Å². The van der Waals surface area contributed by atoms with Gasteiger partial charge >= 0.3 is 271 Å². The first-order valence-corrected chi connectivity index (χ1v) is 21.5. The zero-order valence-corrected chi connectivity index (χ0v) is 31.3. The second kappa shape index (κ2) is 14.6. The maximum atomic E-state index is 12.9. The number of phosphoric acid groups is 2. The number of anilines is 2. The molecule has 291 valence electrons. The summed E-state index contributed by atoms with van der Waals surface area (Å²) < 4.78 is 77.3. The van der Waals surface area contributed by atoms with E-state index in [1.165, 1.54) is 29.6 Å². The Hall–Kier alpha value is -2.97. The molecule has 2 saturated heterocycles. The summed E-state index contributed by atoms with van der Waals surface area (Å²) in [6.45, 7) is -1.88. The van der Waals surface area contributed by atoms with Crippen LogP contribution in [-0.4, -0.2) is 132 Å². The Kier molecular flexibility index (Phi) is 10.9. The van der Waals surface area contributed by atoms with Gasteiger partial charge < -0.3 is 11.5 Å². The molecule has 0 aliphatic carbocycles. The number of aliphatic hydroxyl groups excluding tert-OH is 3. The predicted octanol–water partition coefficient (Wildman–Crippen LogP) is -3.72. The molecule has 0 spiro atoms. The molecule has 3 unspecified atom stereocenters. The number of nitrogen functional groups attached to an aromatic ring is 2. The van der Waals surface area contributed by atoms with E-state index in [9.17, 15) is 48.4 Å². The SMILES string of the molecule is CO[C@@H]1[C@H](O)[C@@H](COP(=O)(O)O[P@@](=O)([Se])OP(=O)(O)OC[C@H]2OC(n3cnc4c(=O)[nH]c(N)nc43)[C@H](O)[C@@H]2O)O[C@H]1[n+]1cn(C)c2c(=O)[nH]c(N)nc21. The number of hydrogen-bond donors (Lipinski definition) is 9. The van der Waals surface area contributed by atoms with Crippen LogP contribution in [0.15, 0.2) is 22.2 Å². The number of phosphoric ester groups is 2. The number of methoxy groups -OCH3 is 1. The van der Waals surface area contributed by atoms with Crippen molar-refractivity contribution in [1.29, 1.82) is 0 Å². The summed E-state index contributed by atoms with van der Waals surface area (Å²) in [4.78, 5) is 61.5. The number of hydrogen-bond acceptors (Lipinski definition) is 20. The number of fused-ring (bicyclic) bond motifs is 2. The number of aryl methyl sites for hydroxylation is 1. The average Bonchev–Trinajstić information content (AvgIpc) is 3.77. The van der Waals surface area contributed by atoms with Crippen LogP contribution in [0.25, 0.3) is 22.3 Å². The molecule has 2 aliphatic heterocycles. The van der Waals surface area contributed by atoms with Gasteiger partial charge in [0.15, 0.2) is 0 Å². The molecule has 0 amide bonds. The molecule has 6 heterocycles. The Morgan fingerprint density at radius 2 is 1.53 bits per heavy atom. The predicted molar refractivity (Wildman–Crippen MR) is 172 cm³/mol. The van der Waals surface area contributed by atoms with Crippen LogP contribution in [0.2, 0.25) is 0 Å². The third-order valence-electron chi connectivity index (χ3n) is 7.92. The molecule has 0 saturated carbocycles. The topological polar surface area (TPSA) is 387 Å². The number of nitrogens with zero attached hydrogens (tertiary/aromatic N) is 6. The van der Waals surface area contributed by atoms with E-state index in [1.807, 2.05) is 0 Å². The van der Waals surface area contributed by atoms with Crippen molar-refractivity contribution < 1.29 is 75.2 Å². The Bertz CT molecular complexity index is 2300. The van der Waals surface area contributed by atoms with Crippen molar-refractivity contribution in [3.63, 3.8) is 0 Å². The first-order chi connectivity index (χ1) is 24.7. The molecular formula is C22H31N10O17P3Se+. The van der Waals surface area contributed by atoms with Gasteiger partial charge in [0.25, 0.3) is 0 Å². The number of rotatable bonds is 13. The number of aromatic amines is 2. The molecule has 11 N–H and O–H groups in total. The van der Waals surface area contributed by atoms with Crippen molar-refractivity contribution in [3.05, 3.63) is 33.4 Å². The van der Waals surface area contributed by atoms with Crippen LogP contribution in [0.4, 0.5) is 11.9 Å². The first kappa shape index (κ1) is 39.7. The van der Waals surface area contributed by atoms with E-state index in [4.69, 9.17) is 34.7 Å². The van der Waals surface area contributed by atoms with Gasteiger partial charge in [-0.1, -0.05) is 0 Å². The quantitative estimate of drug-likeness (QED) is 0.0354. The van der Waals surface area contributed by atoms with Crippen LogP contribution in [0.3, 0.4) is 0 Å². The van der Waals surface area contributed by atoms with Crippen molar-refractivity contribution in [3.8, 4) is 0 Å². The van der Waals surface area contributed by atoms with Gasteiger partial charge in [0.2, 0.25) is 0 Å². The van der Waals surface area contributed by atoms with E-state index in [0.29, 0.717) is 0 Å². The van der Waals surface area contributed by atoms with Crippen molar-refractivity contribution in [2.45, 2.75) is 49.1 Å². The molecule has 4 aromatic heterocycles. The van der Waals surface area contributed by atoms with Crippen molar-refractivity contribution in [2.24, 2.45) is 7.05 Å². The third-order valence-corrected chi connectivity index (χ3v) is 14.6. The summed E-state index contributed by atoms with van der Waals surface area (Å²) in [5.41, 5.74) is 9.85. The van der Waals surface area contributed by atoms with Gasteiger partial charge in [-0.25, -0.2) is 0 Å². The molecule has 4 aromatic rings. The molecule has 0 bridgehead atoms. The van der Waals surface area contributed by atoms with Gasteiger partial charge in [-0.15, -0.1) is 0 Å². The number of nitrogens with two attached hydrogens (primary N) is 2. The van der Waals surface area contributed by atoms with Gasteiger partial charge in [-0.05, 0) is 0 Å². The monoisotopic (exact) mass is 880 g/mol. The zero-order chi connectivity index (χ0) is 38.8. The van der Waals surface area contributed by atoms with Gasteiger partial charge in [-0.3, -0.25) is 19.6 Å². The summed E-state index contributed by atoms with van der Waals surface area (Å²) in [6, 6.07) is 0. The van der Waals surface area contributed by atoms with Crippen LogP contribution in [0.5, 0.6) is 0 Å². The number of H-pyrrole nitrogens is 2. The van der Waals surface area contributed by atoms with E-state index in [0.717, 1.165) is 10.9 Å². The normalized spacial score (nSPS) is 29.7. The number of nitrogens with one attached hydrogen (secondary N) is 2. The molecule has 53 heavy (non-hydrogen) atoms. The summed E-state index contributed by atoms with van der Waals surface area (Å²) in [5, 5.41) is 31.9. The number of imidazole rings is 2. The Balaban J connectivity index is 1.06. The Morgan fingerprint density at radius 3 is 2.15 bits per heavy atom. The van der Waals surface area contributed by atoms with Gasteiger partial charge in [0, 0.05) is 0 Å². The van der Waals surface area contributed by atoms with Gasteiger partial charge in [0.05, 0.1) is 0 Å².